The highest BCUT2D eigenvalue weighted by atomic mass is 35.5. The molecule has 1 aliphatic heterocycles. The van der Waals surface area contributed by atoms with E-state index in [9.17, 15) is 26.4 Å². The minimum Gasteiger partial charge on any atom is -0.497 e. The number of halogens is 4. The minimum atomic E-state index is -4.69. The number of nitrogens with zero attached hydrogens (tertiary/aromatic N) is 3. The molecule has 0 aliphatic carbocycles. The molecule has 1 amide bonds. The third-order valence-corrected chi connectivity index (χ3v) is 6.74. The van der Waals surface area contributed by atoms with Crippen molar-refractivity contribution in [3.8, 4) is 5.75 Å². The lowest BCUT2D eigenvalue weighted by atomic mass is 10.2. The maximum Gasteiger partial charge on any atom is 0.416 e. The number of carbonyl (C=O) groups is 1. The molecule has 1 aliphatic rings. The molecule has 0 atom stereocenters. The summed E-state index contributed by atoms with van der Waals surface area (Å²) in [6, 6.07) is 9.82. The van der Waals surface area contributed by atoms with Gasteiger partial charge in [0, 0.05) is 31.9 Å². The Bertz CT molecular complexity index is 1100. The Morgan fingerprint density at radius 3 is 2.21 bits per heavy atom. The second-order valence-electron chi connectivity index (χ2n) is 7.50. The fourth-order valence-electron chi connectivity index (χ4n) is 3.49. The lowest BCUT2D eigenvalue weighted by Crippen LogP contribution is -2.52. The lowest BCUT2D eigenvalue weighted by Gasteiger charge is -2.37. The number of rotatable bonds is 6. The number of sulfonamides is 1. The Morgan fingerprint density at radius 2 is 1.70 bits per heavy atom. The molecule has 0 aromatic heterocycles. The van der Waals surface area contributed by atoms with Gasteiger partial charge in [-0.25, -0.2) is 8.42 Å². The number of piperazine rings is 1. The molecule has 2 aromatic carbocycles. The van der Waals surface area contributed by atoms with E-state index in [2.05, 4.69) is 4.90 Å². The highest BCUT2D eigenvalue weighted by molar-refractivity contribution is 7.92. The van der Waals surface area contributed by atoms with Crippen LogP contribution < -0.4 is 13.9 Å². The average molecular weight is 506 g/mol. The van der Waals surface area contributed by atoms with E-state index in [0.29, 0.717) is 36.6 Å². The Hall–Kier alpha value is -2.66. The Kier molecular flexibility index (Phi) is 7.32. The molecule has 3 rings (SSSR count). The Balaban J connectivity index is 1.73. The van der Waals surface area contributed by atoms with Crippen LogP contribution in [0, 0.1) is 0 Å². The molecule has 0 unspecified atom stereocenters. The van der Waals surface area contributed by atoms with Gasteiger partial charge in [-0.05, 0) is 42.5 Å². The summed E-state index contributed by atoms with van der Waals surface area (Å²) in [6.45, 7) is 1.04. The van der Waals surface area contributed by atoms with Crippen LogP contribution in [0.15, 0.2) is 42.5 Å². The molecule has 2 aromatic rings. The van der Waals surface area contributed by atoms with Crippen molar-refractivity contribution in [3.05, 3.63) is 53.1 Å². The Labute approximate surface area is 195 Å². The van der Waals surface area contributed by atoms with Gasteiger partial charge in [0.05, 0.1) is 29.6 Å². The predicted molar refractivity (Wildman–Crippen MR) is 120 cm³/mol. The number of methoxy groups -OCH3 is 1. The molecule has 0 N–H and O–H groups in total. The van der Waals surface area contributed by atoms with Crippen molar-refractivity contribution in [1.29, 1.82) is 0 Å². The second-order valence-corrected chi connectivity index (χ2v) is 9.81. The predicted octanol–water partition coefficient (Wildman–Crippen LogP) is 3.48. The van der Waals surface area contributed by atoms with E-state index >= 15 is 0 Å². The van der Waals surface area contributed by atoms with Crippen molar-refractivity contribution >= 4 is 38.9 Å². The average Bonchev–Trinajstić information content (AvgIpc) is 2.76. The molecule has 1 fully saturated rings. The largest absolute Gasteiger partial charge is 0.497 e. The van der Waals surface area contributed by atoms with E-state index in [0.717, 1.165) is 29.8 Å². The molecule has 0 saturated carbocycles. The van der Waals surface area contributed by atoms with Crippen LogP contribution in [0.4, 0.5) is 24.5 Å². The molecule has 0 radical (unpaired) electrons. The molecule has 12 heteroatoms. The van der Waals surface area contributed by atoms with Gasteiger partial charge in [-0.2, -0.15) is 13.2 Å². The van der Waals surface area contributed by atoms with Crippen molar-refractivity contribution in [2.75, 3.05) is 55.3 Å². The number of benzene rings is 2. The number of ether oxygens (including phenoxy) is 1. The van der Waals surface area contributed by atoms with Crippen LogP contribution in [-0.4, -0.2) is 65.3 Å². The molecule has 0 bridgehead atoms. The highest BCUT2D eigenvalue weighted by Crippen LogP contribution is 2.36. The number of hydrogen-bond acceptors (Lipinski definition) is 5. The third kappa shape index (κ3) is 6.02. The van der Waals surface area contributed by atoms with Gasteiger partial charge in [0.15, 0.2) is 0 Å². The Morgan fingerprint density at radius 1 is 1.09 bits per heavy atom. The summed E-state index contributed by atoms with van der Waals surface area (Å²) < 4.78 is 69.9. The van der Waals surface area contributed by atoms with E-state index in [1.165, 1.54) is 4.90 Å². The van der Waals surface area contributed by atoms with Crippen LogP contribution in [0.2, 0.25) is 5.02 Å². The zero-order valence-corrected chi connectivity index (χ0v) is 19.5. The van der Waals surface area contributed by atoms with Gasteiger partial charge in [-0.15, -0.1) is 0 Å². The number of amides is 1. The number of alkyl halides is 3. The summed E-state index contributed by atoms with van der Waals surface area (Å²) in [5, 5.41) is -0.203. The first-order valence-electron chi connectivity index (χ1n) is 9.91. The standard InChI is InChI=1S/C21H23ClF3N3O4S/c1-32-17-6-4-16(5-7-17)26-9-11-27(12-10-26)20(29)14-28(33(2,30)31)19-13-15(21(23,24)25)3-8-18(19)22/h3-8,13H,9-12,14H2,1-2H3. The van der Waals surface area contributed by atoms with Gasteiger partial charge >= 0.3 is 6.18 Å². The fourth-order valence-corrected chi connectivity index (χ4v) is 4.61. The SMILES string of the molecule is COc1ccc(N2CCN(C(=O)CN(c3cc(C(F)(F)F)ccc3Cl)S(C)(=O)=O)CC2)cc1. The summed E-state index contributed by atoms with van der Waals surface area (Å²) in [7, 11) is -2.51. The van der Waals surface area contributed by atoms with Crippen LogP contribution in [0.3, 0.4) is 0 Å². The normalized spacial score (nSPS) is 14.8. The molecule has 1 saturated heterocycles. The summed E-state index contributed by atoms with van der Waals surface area (Å²) in [6.07, 6.45) is -3.87. The number of anilines is 2. The van der Waals surface area contributed by atoms with Crippen molar-refractivity contribution in [2.24, 2.45) is 0 Å². The van der Waals surface area contributed by atoms with E-state index in [1.54, 1.807) is 7.11 Å². The molecular weight excluding hydrogens is 483 g/mol. The van der Waals surface area contributed by atoms with E-state index in [4.69, 9.17) is 16.3 Å². The summed E-state index contributed by atoms with van der Waals surface area (Å²) in [5.41, 5.74) is -0.494. The van der Waals surface area contributed by atoms with Gasteiger partial charge in [0.25, 0.3) is 0 Å². The van der Waals surface area contributed by atoms with Gasteiger partial charge in [-0.1, -0.05) is 11.6 Å². The number of hydrogen-bond donors (Lipinski definition) is 0. The van der Waals surface area contributed by atoms with Crippen molar-refractivity contribution < 1.29 is 31.1 Å². The zero-order chi connectivity index (χ0) is 24.4. The topological polar surface area (TPSA) is 70.2 Å². The molecule has 0 spiro atoms. The molecule has 180 valence electrons. The maximum atomic E-state index is 13.1. The van der Waals surface area contributed by atoms with Crippen LogP contribution in [0.1, 0.15) is 5.56 Å². The first-order chi connectivity index (χ1) is 15.4. The lowest BCUT2D eigenvalue weighted by molar-refractivity contribution is -0.137. The van der Waals surface area contributed by atoms with Gasteiger partial charge in [0.1, 0.15) is 12.3 Å². The molecule has 1 heterocycles. The van der Waals surface area contributed by atoms with Gasteiger partial charge in [0.2, 0.25) is 15.9 Å². The molecular formula is C21H23ClF3N3O4S. The smallest absolute Gasteiger partial charge is 0.416 e. The van der Waals surface area contributed by atoms with Crippen LogP contribution >= 0.6 is 11.6 Å². The fraction of sp³-hybridized carbons (Fsp3) is 0.381. The number of carbonyl (C=O) groups excluding carboxylic acids is 1. The van der Waals surface area contributed by atoms with Crippen molar-refractivity contribution in [1.82, 2.24) is 4.90 Å². The van der Waals surface area contributed by atoms with E-state index in [1.807, 2.05) is 24.3 Å². The van der Waals surface area contributed by atoms with Crippen LogP contribution in [0.5, 0.6) is 5.75 Å². The third-order valence-electron chi connectivity index (χ3n) is 5.29. The van der Waals surface area contributed by atoms with E-state index in [-0.39, 0.29) is 10.7 Å². The summed E-state index contributed by atoms with van der Waals surface area (Å²) in [4.78, 5) is 16.4. The highest BCUT2D eigenvalue weighted by Gasteiger charge is 2.33. The monoisotopic (exact) mass is 505 g/mol. The second kappa shape index (κ2) is 9.68. The van der Waals surface area contributed by atoms with Crippen molar-refractivity contribution in [2.45, 2.75) is 6.18 Å². The summed E-state index contributed by atoms with van der Waals surface area (Å²) in [5.74, 6) is 0.199. The molecule has 7 nitrogen and oxygen atoms in total. The van der Waals surface area contributed by atoms with Crippen LogP contribution in [0.25, 0.3) is 0 Å². The maximum absolute atomic E-state index is 13.1. The minimum absolute atomic E-state index is 0.203. The zero-order valence-electron chi connectivity index (χ0n) is 18.0. The molecule has 33 heavy (non-hydrogen) atoms. The summed E-state index contributed by atoms with van der Waals surface area (Å²) >= 11 is 6.01. The van der Waals surface area contributed by atoms with Gasteiger partial charge in [-0.3, -0.25) is 9.10 Å². The van der Waals surface area contributed by atoms with E-state index < -0.39 is 34.2 Å². The van der Waals surface area contributed by atoms with Gasteiger partial charge < -0.3 is 14.5 Å². The quantitative estimate of drug-likeness (QED) is 0.601. The first-order valence-corrected chi connectivity index (χ1v) is 12.1. The van der Waals surface area contributed by atoms with Crippen molar-refractivity contribution in [3.63, 3.8) is 0 Å². The van der Waals surface area contributed by atoms with Crippen LogP contribution in [-0.2, 0) is 21.0 Å². The first kappa shape index (κ1) is 25.0.